The molecule has 0 saturated carbocycles. The maximum Gasteiger partial charge on any atom is 0.151 e. The van der Waals surface area contributed by atoms with Gasteiger partial charge in [-0.25, -0.2) is 0 Å². The summed E-state index contributed by atoms with van der Waals surface area (Å²) in [6.45, 7) is 0.916. The van der Waals surface area contributed by atoms with Gasteiger partial charge in [0.05, 0.1) is 0 Å². The first-order valence-corrected chi connectivity index (χ1v) is 6.64. The van der Waals surface area contributed by atoms with E-state index in [1.54, 1.807) is 18.2 Å². The van der Waals surface area contributed by atoms with Crippen molar-refractivity contribution in [3.05, 3.63) is 58.6 Å². The van der Waals surface area contributed by atoms with Gasteiger partial charge in [-0.15, -0.1) is 0 Å². The van der Waals surface area contributed by atoms with Crippen molar-refractivity contribution < 1.29 is 14.3 Å². The predicted octanol–water partition coefficient (Wildman–Crippen LogP) is 3.72. The Morgan fingerprint density at radius 2 is 1.63 bits per heavy atom. The van der Waals surface area contributed by atoms with Crippen LogP contribution in [0.3, 0.4) is 0 Å². The molecule has 0 spiro atoms. The van der Waals surface area contributed by atoms with Crippen LogP contribution in [0, 0.1) is 0 Å². The molecule has 0 aromatic heterocycles. The molecule has 0 unspecified atom stereocenters. The summed E-state index contributed by atoms with van der Waals surface area (Å²) in [5.74, 6) is 1.53. The van der Waals surface area contributed by atoms with Gasteiger partial charge in [-0.2, -0.15) is 0 Å². The van der Waals surface area contributed by atoms with Crippen LogP contribution in [0.1, 0.15) is 10.4 Å². The van der Waals surface area contributed by atoms with E-state index >= 15 is 0 Å². The van der Waals surface area contributed by atoms with E-state index in [1.165, 1.54) is 0 Å². The van der Waals surface area contributed by atoms with Gasteiger partial charge in [0.1, 0.15) is 24.7 Å². The van der Waals surface area contributed by atoms with Crippen LogP contribution in [0.25, 0.3) is 0 Å². The molecular weight excluding hydrogens is 308 g/mol. The Balaban J connectivity index is 1.80. The summed E-state index contributed by atoms with van der Waals surface area (Å²) in [6, 6.07) is 14.8. The van der Waals surface area contributed by atoms with Gasteiger partial charge in [0, 0.05) is 10.0 Å². The summed E-state index contributed by atoms with van der Waals surface area (Å²) in [7, 11) is 0. The number of hydrogen-bond acceptors (Lipinski definition) is 3. The molecule has 0 fully saturated rings. The standard InChI is InChI=1S/C15H13BrO3/c16-15-10-14(7-6-12(15)11-17)19-9-8-18-13-4-2-1-3-5-13/h1-7,10-11H,8-9H2. The summed E-state index contributed by atoms with van der Waals surface area (Å²) >= 11 is 3.31. The average molecular weight is 321 g/mol. The van der Waals surface area contributed by atoms with Crippen molar-refractivity contribution in [2.24, 2.45) is 0 Å². The van der Waals surface area contributed by atoms with E-state index in [9.17, 15) is 4.79 Å². The van der Waals surface area contributed by atoms with Gasteiger partial charge in [0.25, 0.3) is 0 Å². The first kappa shape index (κ1) is 13.6. The lowest BCUT2D eigenvalue weighted by molar-refractivity contribution is 0.112. The summed E-state index contributed by atoms with van der Waals surface area (Å²) in [4.78, 5) is 10.7. The lowest BCUT2D eigenvalue weighted by atomic mass is 10.2. The zero-order valence-corrected chi connectivity index (χ0v) is 11.8. The van der Waals surface area contributed by atoms with E-state index < -0.39 is 0 Å². The molecule has 0 N–H and O–H groups in total. The molecule has 19 heavy (non-hydrogen) atoms. The maximum atomic E-state index is 10.7. The topological polar surface area (TPSA) is 35.5 Å². The van der Waals surface area contributed by atoms with E-state index in [0.29, 0.717) is 24.5 Å². The minimum Gasteiger partial charge on any atom is -0.490 e. The fourth-order valence-corrected chi connectivity index (χ4v) is 1.98. The Labute approximate surface area is 120 Å². The molecule has 98 valence electrons. The van der Waals surface area contributed by atoms with Crippen LogP contribution in [-0.2, 0) is 0 Å². The van der Waals surface area contributed by atoms with Gasteiger partial charge < -0.3 is 9.47 Å². The highest BCUT2D eigenvalue weighted by Crippen LogP contribution is 2.21. The molecule has 3 nitrogen and oxygen atoms in total. The second-order valence-corrected chi connectivity index (χ2v) is 4.67. The number of para-hydroxylation sites is 1. The van der Waals surface area contributed by atoms with Crippen LogP contribution in [0.15, 0.2) is 53.0 Å². The summed E-state index contributed by atoms with van der Waals surface area (Å²) in [6.07, 6.45) is 0.798. The van der Waals surface area contributed by atoms with Gasteiger partial charge >= 0.3 is 0 Å². The van der Waals surface area contributed by atoms with Crippen LogP contribution in [0.2, 0.25) is 0 Å². The average Bonchev–Trinajstić information content (AvgIpc) is 2.45. The number of halogens is 1. The van der Waals surface area contributed by atoms with Crippen LogP contribution < -0.4 is 9.47 Å². The quantitative estimate of drug-likeness (QED) is 0.601. The number of hydrogen-bond donors (Lipinski definition) is 0. The minimum absolute atomic E-state index is 0.446. The van der Waals surface area contributed by atoms with Crippen LogP contribution >= 0.6 is 15.9 Å². The Bertz CT molecular complexity index is 540. The zero-order valence-electron chi connectivity index (χ0n) is 10.2. The fraction of sp³-hybridized carbons (Fsp3) is 0.133. The molecule has 2 rings (SSSR count). The van der Waals surface area contributed by atoms with Crippen LogP contribution in [0.4, 0.5) is 0 Å². The number of benzene rings is 2. The molecule has 2 aromatic carbocycles. The highest BCUT2D eigenvalue weighted by Gasteiger charge is 2.01. The predicted molar refractivity (Wildman–Crippen MR) is 77.0 cm³/mol. The molecule has 0 radical (unpaired) electrons. The normalized spacial score (nSPS) is 9.95. The van der Waals surface area contributed by atoms with E-state index in [0.717, 1.165) is 16.5 Å². The van der Waals surface area contributed by atoms with Gasteiger partial charge in [-0.05, 0) is 46.3 Å². The molecule has 0 aliphatic carbocycles. The Kier molecular flexibility index (Phi) is 4.98. The highest BCUT2D eigenvalue weighted by atomic mass is 79.9. The van der Waals surface area contributed by atoms with E-state index in [-0.39, 0.29) is 0 Å². The number of carbonyl (C=O) groups excluding carboxylic acids is 1. The van der Waals surface area contributed by atoms with Crippen LogP contribution in [-0.4, -0.2) is 19.5 Å². The second kappa shape index (κ2) is 6.95. The first-order valence-electron chi connectivity index (χ1n) is 5.85. The lowest BCUT2D eigenvalue weighted by Crippen LogP contribution is -2.08. The molecule has 0 atom stereocenters. The SMILES string of the molecule is O=Cc1ccc(OCCOc2ccccc2)cc1Br. The van der Waals surface area contributed by atoms with Gasteiger partial charge in [-0.1, -0.05) is 18.2 Å². The van der Waals surface area contributed by atoms with Gasteiger partial charge in [0.15, 0.2) is 6.29 Å². The number of rotatable bonds is 6. The van der Waals surface area contributed by atoms with Crippen LogP contribution in [0.5, 0.6) is 11.5 Å². The van der Waals surface area contributed by atoms with Crippen molar-refractivity contribution >= 4 is 22.2 Å². The Morgan fingerprint density at radius 3 is 2.26 bits per heavy atom. The number of ether oxygens (including phenoxy) is 2. The van der Waals surface area contributed by atoms with Crippen molar-refractivity contribution in [3.8, 4) is 11.5 Å². The Morgan fingerprint density at radius 1 is 0.947 bits per heavy atom. The number of carbonyl (C=O) groups is 1. The molecule has 4 heteroatoms. The number of aldehydes is 1. The maximum absolute atomic E-state index is 10.7. The largest absolute Gasteiger partial charge is 0.490 e. The molecule has 0 bridgehead atoms. The summed E-state index contributed by atoms with van der Waals surface area (Å²) < 4.78 is 11.8. The highest BCUT2D eigenvalue weighted by molar-refractivity contribution is 9.10. The fourth-order valence-electron chi connectivity index (χ4n) is 1.53. The molecular formula is C15H13BrO3. The molecule has 0 amide bonds. The third-order valence-corrected chi connectivity index (χ3v) is 3.15. The monoisotopic (exact) mass is 320 g/mol. The van der Waals surface area contributed by atoms with Gasteiger partial charge in [-0.3, -0.25) is 4.79 Å². The van der Waals surface area contributed by atoms with Crippen molar-refractivity contribution in [2.75, 3.05) is 13.2 Å². The van der Waals surface area contributed by atoms with E-state index in [4.69, 9.17) is 9.47 Å². The van der Waals surface area contributed by atoms with Crippen molar-refractivity contribution in [3.63, 3.8) is 0 Å². The third-order valence-electron chi connectivity index (χ3n) is 2.46. The summed E-state index contributed by atoms with van der Waals surface area (Å²) in [5, 5.41) is 0. The second-order valence-electron chi connectivity index (χ2n) is 3.81. The first-order chi connectivity index (χ1) is 9.29. The zero-order chi connectivity index (χ0) is 13.5. The smallest absolute Gasteiger partial charge is 0.151 e. The minimum atomic E-state index is 0.446. The van der Waals surface area contributed by atoms with Crippen molar-refractivity contribution in [1.29, 1.82) is 0 Å². The molecule has 0 heterocycles. The summed E-state index contributed by atoms with van der Waals surface area (Å²) in [5.41, 5.74) is 0.605. The molecule has 0 saturated heterocycles. The van der Waals surface area contributed by atoms with Crippen molar-refractivity contribution in [1.82, 2.24) is 0 Å². The van der Waals surface area contributed by atoms with E-state index in [2.05, 4.69) is 15.9 Å². The molecule has 2 aromatic rings. The third kappa shape index (κ3) is 4.10. The van der Waals surface area contributed by atoms with Gasteiger partial charge in [0.2, 0.25) is 0 Å². The molecule has 0 aliphatic rings. The van der Waals surface area contributed by atoms with Crippen molar-refractivity contribution in [2.45, 2.75) is 0 Å². The Hall–Kier alpha value is -1.81. The van der Waals surface area contributed by atoms with E-state index in [1.807, 2.05) is 30.3 Å². The molecule has 0 aliphatic heterocycles. The lowest BCUT2D eigenvalue weighted by Gasteiger charge is -2.09.